The van der Waals surface area contributed by atoms with Gasteiger partial charge >= 0.3 is 0 Å². The molecule has 0 heterocycles. The Morgan fingerprint density at radius 1 is 1.00 bits per heavy atom. The molecule has 2 atom stereocenters. The van der Waals surface area contributed by atoms with Gasteiger partial charge in [-0.25, -0.2) is 0 Å². The molecule has 1 heteroatoms. The number of hydrogen-bond donors (Lipinski definition) is 1. The molecule has 0 spiro atoms. The lowest BCUT2D eigenvalue weighted by atomic mass is 9.58. The third-order valence-corrected chi connectivity index (χ3v) is 5.85. The molecule has 0 aromatic rings. The second-order valence-corrected chi connectivity index (χ2v) is 7.42. The van der Waals surface area contributed by atoms with Crippen LogP contribution in [0.4, 0.5) is 0 Å². The molecule has 0 aromatic carbocycles. The Labute approximate surface area is 121 Å². The Morgan fingerprint density at radius 3 is 2.21 bits per heavy atom. The Balaban J connectivity index is 2.26. The van der Waals surface area contributed by atoms with E-state index in [2.05, 4.69) is 27.7 Å². The number of unbranched alkanes of at least 4 members (excludes halogenated alkanes) is 6. The van der Waals surface area contributed by atoms with Gasteiger partial charge in [0, 0.05) is 0 Å². The molecule has 0 bridgehead atoms. The minimum atomic E-state index is -0.409. The van der Waals surface area contributed by atoms with E-state index >= 15 is 0 Å². The van der Waals surface area contributed by atoms with E-state index in [-0.39, 0.29) is 5.41 Å². The first-order valence-corrected chi connectivity index (χ1v) is 8.66. The molecule has 0 aliphatic heterocycles. The zero-order valence-electron chi connectivity index (χ0n) is 13.8. The van der Waals surface area contributed by atoms with Gasteiger partial charge in [-0.05, 0) is 30.6 Å². The summed E-state index contributed by atoms with van der Waals surface area (Å²) in [4.78, 5) is 0. The van der Waals surface area contributed by atoms with E-state index < -0.39 is 5.60 Å². The van der Waals surface area contributed by atoms with E-state index in [1.807, 2.05) is 0 Å². The third-order valence-electron chi connectivity index (χ3n) is 5.85. The number of hydrogen-bond acceptors (Lipinski definition) is 1. The summed E-state index contributed by atoms with van der Waals surface area (Å²) in [5.74, 6) is 0.649. The van der Waals surface area contributed by atoms with Crippen LogP contribution in [0.5, 0.6) is 0 Å². The summed E-state index contributed by atoms with van der Waals surface area (Å²) in [7, 11) is 0. The van der Waals surface area contributed by atoms with Gasteiger partial charge in [-0.2, -0.15) is 0 Å². The molecule has 0 radical (unpaired) electrons. The fourth-order valence-electron chi connectivity index (χ4n) is 3.66. The van der Waals surface area contributed by atoms with Crippen molar-refractivity contribution in [1.29, 1.82) is 0 Å². The van der Waals surface area contributed by atoms with Crippen LogP contribution < -0.4 is 0 Å². The number of aliphatic hydroxyl groups is 1. The molecule has 114 valence electrons. The molecule has 1 rings (SSSR count). The maximum absolute atomic E-state index is 11.0. The fourth-order valence-corrected chi connectivity index (χ4v) is 3.66. The van der Waals surface area contributed by atoms with Crippen molar-refractivity contribution in [3.05, 3.63) is 0 Å². The molecule has 0 amide bonds. The van der Waals surface area contributed by atoms with E-state index in [1.165, 1.54) is 57.8 Å². The lowest BCUT2D eigenvalue weighted by Crippen LogP contribution is -2.51. The zero-order chi connectivity index (χ0) is 14.4. The quantitative estimate of drug-likeness (QED) is 0.559. The molecule has 1 saturated carbocycles. The lowest BCUT2D eigenvalue weighted by Gasteiger charge is -2.50. The van der Waals surface area contributed by atoms with Crippen LogP contribution in [0.2, 0.25) is 0 Å². The second-order valence-electron chi connectivity index (χ2n) is 7.42. The summed E-state index contributed by atoms with van der Waals surface area (Å²) in [6, 6.07) is 0. The topological polar surface area (TPSA) is 20.2 Å². The highest BCUT2D eigenvalue weighted by molar-refractivity contribution is 4.99. The van der Waals surface area contributed by atoms with Crippen LogP contribution in [0.3, 0.4) is 0 Å². The molecular formula is C18H36O. The molecule has 0 aromatic heterocycles. The maximum Gasteiger partial charge on any atom is 0.0701 e. The summed E-state index contributed by atoms with van der Waals surface area (Å²) < 4.78 is 0. The van der Waals surface area contributed by atoms with Crippen molar-refractivity contribution in [3.8, 4) is 0 Å². The first kappa shape index (κ1) is 17.0. The van der Waals surface area contributed by atoms with Gasteiger partial charge in [0.25, 0.3) is 0 Å². The monoisotopic (exact) mass is 268 g/mol. The molecule has 1 N–H and O–H groups in total. The predicted molar refractivity (Wildman–Crippen MR) is 84.4 cm³/mol. The van der Waals surface area contributed by atoms with Gasteiger partial charge in [0.2, 0.25) is 0 Å². The fraction of sp³-hybridized carbons (Fsp3) is 1.00. The Kier molecular flexibility index (Phi) is 6.86. The minimum Gasteiger partial charge on any atom is -0.389 e. The van der Waals surface area contributed by atoms with Gasteiger partial charge in [-0.15, -0.1) is 0 Å². The van der Waals surface area contributed by atoms with Crippen LogP contribution in [0.1, 0.15) is 98.3 Å². The molecule has 1 nitrogen and oxygen atoms in total. The predicted octanol–water partition coefficient (Wildman–Crippen LogP) is 5.70. The highest BCUT2D eigenvalue weighted by Gasteiger charge is 2.48. The van der Waals surface area contributed by atoms with Crippen molar-refractivity contribution in [3.63, 3.8) is 0 Å². The van der Waals surface area contributed by atoms with Crippen LogP contribution in [0.25, 0.3) is 0 Å². The van der Waals surface area contributed by atoms with E-state index in [9.17, 15) is 5.11 Å². The Bertz CT molecular complexity index is 246. The SMILES string of the molecule is CCCCCCCCCC1(O)CCCC(C)C1(C)C. The van der Waals surface area contributed by atoms with Crippen molar-refractivity contribution >= 4 is 0 Å². The normalized spacial score (nSPS) is 30.5. The summed E-state index contributed by atoms with van der Waals surface area (Å²) in [6.45, 7) is 9.13. The zero-order valence-corrected chi connectivity index (χ0v) is 13.8. The van der Waals surface area contributed by atoms with Gasteiger partial charge < -0.3 is 5.11 Å². The van der Waals surface area contributed by atoms with Gasteiger partial charge in [-0.3, -0.25) is 0 Å². The van der Waals surface area contributed by atoms with Gasteiger partial charge in [0.1, 0.15) is 0 Å². The number of rotatable bonds is 8. The van der Waals surface area contributed by atoms with Gasteiger partial charge in [0.05, 0.1) is 5.60 Å². The first-order chi connectivity index (χ1) is 8.94. The van der Waals surface area contributed by atoms with E-state index in [4.69, 9.17) is 0 Å². The molecule has 1 fully saturated rings. The average molecular weight is 268 g/mol. The summed E-state index contributed by atoms with van der Waals surface area (Å²) in [5.41, 5.74) is -0.318. The van der Waals surface area contributed by atoms with Crippen LogP contribution in [0, 0.1) is 11.3 Å². The third kappa shape index (κ3) is 4.48. The maximum atomic E-state index is 11.0. The highest BCUT2D eigenvalue weighted by Crippen LogP contribution is 2.49. The van der Waals surface area contributed by atoms with Crippen molar-refractivity contribution in [2.24, 2.45) is 11.3 Å². The molecular weight excluding hydrogens is 232 g/mol. The molecule has 1 aliphatic rings. The molecule has 1 aliphatic carbocycles. The van der Waals surface area contributed by atoms with Crippen molar-refractivity contribution in [2.75, 3.05) is 0 Å². The van der Waals surface area contributed by atoms with Crippen molar-refractivity contribution < 1.29 is 5.11 Å². The Morgan fingerprint density at radius 2 is 1.58 bits per heavy atom. The van der Waals surface area contributed by atoms with Crippen molar-refractivity contribution in [1.82, 2.24) is 0 Å². The average Bonchev–Trinajstić information content (AvgIpc) is 2.36. The first-order valence-electron chi connectivity index (χ1n) is 8.66. The van der Waals surface area contributed by atoms with Gasteiger partial charge in [0.15, 0.2) is 0 Å². The summed E-state index contributed by atoms with van der Waals surface area (Å²) >= 11 is 0. The molecule has 2 unspecified atom stereocenters. The van der Waals surface area contributed by atoms with E-state index in [0.717, 1.165) is 12.8 Å². The summed E-state index contributed by atoms with van der Waals surface area (Å²) in [5, 5.41) is 11.0. The summed E-state index contributed by atoms with van der Waals surface area (Å²) in [6.07, 6.45) is 13.9. The molecule has 0 saturated heterocycles. The Hall–Kier alpha value is -0.0400. The van der Waals surface area contributed by atoms with Gasteiger partial charge in [-0.1, -0.05) is 79.1 Å². The minimum absolute atomic E-state index is 0.0907. The van der Waals surface area contributed by atoms with Crippen LogP contribution >= 0.6 is 0 Å². The van der Waals surface area contributed by atoms with E-state index in [0.29, 0.717) is 5.92 Å². The van der Waals surface area contributed by atoms with E-state index in [1.54, 1.807) is 0 Å². The largest absolute Gasteiger partial charge is 0.389 e. The lowest BCUT2D eigenvalue weighted by molar-refractivity contribution is -0.128. The standard InChI is InChI=1S/C18H36O/c1-5-6-7-8-9-10-11-14-18(19)15-12-13-16(2)17(18,3)4/h16,19H,5-15H2,1-4H3. The second kappa shape index (κ2) is 7.67. The van der Waals surface area contributed by atoms with Crippen LogP contribution in [0.15, 0.2) is 0 Å². The van der Waals surface area contributed by atoms with Crippen LogP contribution in [-0.2, 0) is 0 Å². The van der Waals surface area contributed by atoms with Crippen LogP contribution in [-0.4, -0.2) is 10.7 Å². The highest BCUT2D eigenvalue weighted by atomic mass is 16.3. The van der Waals surface area contributed by atoms with Crippen molar-refractivity contribution in [2.45, 2.75) is 104 Å². The smallest absolute Gasteiger partial charge is 0.0701 e. The molecule has 19 heavy (non-hydrogen) atoms.